The van der Waals surface area contributed by atoms with Crippen molar-refractivity contribution < 1.29 is 19.1 Å². The van der Waals surface area contributed by atoms with E-state index in [1.165, 1.54) is 6.42 Å². The minimum atomic E-state index is -0.319. The quantitative estimate of drug-likeness (QED) is 0.777. The van der Waals surface area contributed by atoms with Gasteiger partial charge in [0.2, 0.25) is 18.6 Å². The fourth-order valence-corrected chi connectivity index (χ4v) is 3.40. The molecule has 0 aromatic heterocycles. The molecule has 3 N–H and O–H groups in total. The van der Waals surface area contributed by atoms with Crippen LogP contribution >= 0.6 is 12.4 Å². The summed E-state index contributed by atoms with van der Waals surface area (Å²) in [7, 11) is 0. The Labute approximate surface area is 159 Å². The van der Waals surface area contributed by atoms with Crippen LogP contribution < -0.4 is 20.5 Å². The van der Waals surface area contributed by atoms with Crippen molar-refractivity contribution in [1.82, 2.24) is 10.2 Å². The Kier molecular flexibility index (Phi) is 7.53. The number of nitrogens with zero attached hydrogens (tertiary/aromatic N) is 1. The first-order valence-electron chi connectivity index (χ1n) is 8.82. The minimum Gasteiger partial charge on any atom is -0.454 e. The highest BCUT2D eigenvalue weighted by Crippen LogP contribution is 2.33. The second-order valence-corrected chi connectivity index (χ2v) is 6.48. The molecule has 1 aromatic carbocycles. The van der Waals surface area contributed by atoms with Gasteiger partial charge in [0.1, 0.15) is 0 Å². The molecule has 2 aliphatic rings. The molecule has 0 bridgehead atoms. The number of benzene rings is 1. The molecule has 1 heterocycles. The average Bonchev–Trinajstić information content (AvgIpc) is 3.12. The van der Waals surface area contributed by atoms with Crippen LogP contribution in [-0.4, -0.2) is 42.6 Å². The number of rotatable bonds is 6. The topological polar surface area (TPSA) is 93.9 Å². The number of carbonyl (C=O) groups excluding carboxylic acids is 2. The van der Waals surface area contributed by atoms with Crippen LogP contribution in [0.25, 0.3) is 0 Å². The maximum atomic E-state index is 12.7. The third kappa shape index (κ3) is 5.02. The van der Waals surface area contributed by atoms with E-state index >= 15 is 0 Å². The van der Waals surface area contributed by atoms with E-state index in [4.69, 9.17) is 15.2 Å². The van der Waals surface area contributed by atoms with E-state index in [2.05, 4.69) is 5.32 Å². The molecule has 1 saturated carbocycles. The van der Waals surface area contributed by atoms with Crippen molar-refractivity contribution in [3.05, 3.63) is 23.8 Å². The predicted molar refractivity (Wildman–Crippen MR) is 99.3 cm³/mol. The summed E-state index contributed by atoms with van der Waals surface area (Å²) < 4.78 is 10.8. The standard InChI is InChI=1S/C18H25N3O4.ClH/c19-9-17(22)20-10-18(23)21(14-4-2-1-3-5-14)11-13-6-7-15-16(8-13)25-12-24-15;/h6-8,14H,1-5,9-12,19H2,(H,20,22);1H. The summed E-state index contributed by atoms with van der Waals surface area (Å²) in [6, 6.07) is 5.96. The van der Waals surface area contributed by atoms with Crippen LogP contribution in [0.1, 0.15) is 37.7 Å². The smallest absolute Gasteiger partial charge is 0.242 e. The Bertz CT molecular complexity index is 635. The number of carbonyl (C=O) groups is 2. The highest BCUT2D eigenvalue weighted by atomic mass is 35.5. The monoisotopic (exact) mass is 383 g/mol. The first-order chi connectivity index (χ1) is 12.2. The molecule has 0 radical (unpaired) electrons. The van der Waals surface area contributed by atoms with Crippen LogP contribution in [-0.2, 0) is 16.1 Å². The van der Waals surface area contributed by atoms with Crippen LogP contribution in [0.2, 0.25) is 0 Å². The third-order valence-electron chi connectivity index (χ3n) is 4.75. The number of hydrogen-bond acceptors (Lipinski definition) is 5. The molecular formula is C18H26ClN3O4. The molecule has 0 unspecified atom stereocenters. The van der Waals surface area contributed by atoms with Crippen LogP contribution in [0.4, 0.5) is 0 Å². The molecule has 3 rings (SSSR count). The Morgan fingerprint density at radius 2 is 1.88 bits per heavy atom. The van der Waals surface area contributed by atoms with Crippen molar-refractivity contribution in [1.29, 1.82) is 0 Å². The summed E-state index contributed by atoms with van der Waals surface area (Å²) in [5.41, 5.74) is 6.28. The first-order valence-corrected chi connectivity index (χ1v) is 8.82. The maximum Gasteiger partial charge on any atom is 0.242 e. The van der Waals surface area contributed by atoms with E-state index in [9.17, 15) is 9.59 Å². The normalized spacial score (nSPS) is 15.9. The largest absolute Gasteiger partial charge is 0.454 e. The lowest BCUT2D eigenvalue weighted by Gasteiger charge is -2.34. The van der Waals surface area contributed by atoms with E-state index < -0.39 is 0 Å². The lowest BCUT2D eigenvalue weighted by Crippen LogP contribution is -2.46. The van der Waals surface area contributed by atoms with Gasteiger partial charge in [0.15, 0.2) is 11.5 Å². The van der Waals surface area contributed by atoms with E-state index in [0.717, 1.165) is 37.0 Å². The van der Waals surface area contributed by atoms with Gasteiger partial charge in [0, 0.05) is 12.6 Å². The molecule has 0 atom stereocenters. The zero-order valence-electron chi connectivity index (χ0n) is 14.7. The average molecular weight is 384 g/mol. The summed E-state index contributed by atoms with van der Waals surface area (Å²) >= 11 is 0. The Morgan fingerprint density at radius 1 is 1.15 bits per heavy atom. The summed E-state index contributed by atoms with van der Waals surface area (Å²) in [6.07, 6.45) is 5.48. The van der Waals surface area contributed by atoms with Gasteiger partial charge in [-0.15, -0.1) is 12.4 Å². The van der Waals surface area contributed by atoms with Gasteiger partial charge in [-0.25, -0.2) is 0 Å². The first kappa shape index (κ1) is 20.3. The second kappa shape index (κ2) is 9.64. The summed E-state index contributed by atoms with van der Waals surface area (Å²) in [6.45, 7) is 0.601. The summed E-state index contributed by atoms with van der Waals surface area (Å²) in [5, 5.41) is 2.58. The highest BCUT2D eigenvalue weighted by molar-refractivity contribution is 5.86. The highest BCUT2D eigenvalue weighted by Gasteiger charge is 2.26. The van der Waals surface area contributed by atoms with Crippen LogP contribution in [0.5, 0.6) is 11.5 Å². The van der Waals surface area contributed by atoms with Crippen molar-refractivity contribution in [2.75, 3.05) is 19.9 Å². The number of nitrogens with two attached hydrogens (primary N) is 1. The van der Waals surface area contributed by atoms with Crippen molar-refractivity contribution in [2.24, 2.45) is 5.73 Å². The van der Waals surface area contributed by atoms with E-state index in [-0.39, 0.29) is 50.1 Å². The Hall–Kier alpha value is -1.99. The minimum absolute atomic E-state index is 0. The van der Waals surface area contributed by atoms with Gasteiger partial charge < -0.3 is 25.4 Å². The molecule has 1 aliphatic heterocycles. The van der Waals surface area contributed by atoms with Gasteiger partial charge >= 0.3 is 0 Å². The number of amides is 2. The molecule has 1 aromatic rings. The van der Waals surface area contributed by atoms with E-state index in [0.29, 0.717) is 12.3 Å². The number of fused-ring (bicyclic) bond motifs is 1. The van der Waals surface area contributed by atoms with Crippen LogP contribution in [0.15, 0.2) is 18.2 Å². The van der Waals surface area contributed by atoms with Gasteiger partial charge in [0.25, 0.3) is 0 Å². The van der Waals surface area contributed by atoms with E-state index in [1.54, 1.807) is 0 Å². The molecule has 144 valence electrons. The molecule has 2 amide bonds. The van der Waals surface area contributed by atoms with Gasteiger partial charge in [-0.3, -0.25) is 9.59 Å². The molecular weight excluding hydrogens is 358 g/mol. The number of halogens is 1. The number of ether oxygens (including phenoxy) is 2. The molecule has 1 fully saturated rings. The number of hydrogen-bond donors (Lipinski definition) is 2. The zero-order valence-corrected chi connectivity index (χ0v) is 15.6. The van der Waals surface area contributed by atoms with Crippen LogP contribution in [0.3, 0.4) is 0 Å². The fraction of sp³-hybridized carbons (Fsp3) is 0.556. The molecule has 0 saturated heterocycles. The number of nitrogens with one attached hydrogen (secondary N) is 1. The summed E-state index contributed by atoms with van der Waals surface area (Å²) in [4.78, 5) is 26.0. The van der Waals surface area contributed by atoms with Crippen molar-refractivity contribution in [2.45, 2.75) is 44.7 Å². The van der Waals surface area contributed by atoms with Gasteiger partial charge in [-0.05, 0) is 30.5 Å². The van der Waals surface area contributed by atoms with Crippen molar-refractivity contribution in [3.8, 4) is 11.5 Å². The van der Waals surface area contributed by atoms with Gasteiger partial charge in [-0.2, -0.15) is 0 Å². The molecule has 0 spiro atoms. The summed E-state index contributed by atoms with van der Waals surface area (Å²) in [5.74, 6) is 1.05. The molecule has 1 aliphatic carbocycles. The fourth-order valence-electron chi connectivity index (χ4n) is 3.40. The lowest BCUT2D eigenvalue weighted by molar-refractivity contribution is -0.135. The lowest BCUT2D eigenvalue weighted by atomic mass is 9.93. The van der Waals surface area contributed by atoms with Crippen molar-refractivity contribution in [3.63, 3.8) is 0 Å². The third-order valence-corrected chi connectivity index (χ3v) is 4.75. The van der Waals surface area contributed by atoms with Gasteiger partial charge in [-0.1, -0.05) is 25.3 Å². The Morgan fingerprint density at radius 3 is 2.62 bits per heavy atom. The maximum absolute atomic E-state index is 12.7. The zero-order chi connectivity index (χ0) is 17.6. The molecule has 8 heteroatoms. The van der Waals surface area contributed by atoms with Gasteiger partial charge in [0.05, 0.1) is 13.1 Å². The molecule has 7 nitrogen and oxygen atoms in total. The Balaban J connectivity index is 0.00000243. The SMILES string of the molecule is Cl.NCC(=O)NCC(=O)N(Cc1ccc2c(c1)OCO2)C1CCCCC1. The molecule has 26 heavy (non-hydrogen) atoms. The van der Waals surface area contributed by atoms with Crippen molar-refractivity contribution >= 4 is 24.2 Å². The van der Waals surface area contributed by atoms with Crippen LogP contribution in [0, 0.1) is 0 Å². The predicted octanol–water partition coefficient (Wildman–Crippen LogP) is 1.57. The van der Waals surface area contributed by atoms with E-state index in [1.807, 2.05) is 23.1 Å². The second-order valence-electron chi connectivity index (χ2n) is 6.48.